The third-order valence-electron chi connectivity index (χ3n) is 2.33. The Bertz CT molecular complexity index is 426. The van der Waals surface area contributed by atoms with Crippen molar-refractivity contribution >= 4 is 27.6 Å². The summed E-state index contributed by atoms with van der Waals surface area (Å²) in [4.78, 5) is 4.29. The third-order valence-corrected chi connectivity index (χ3v) is 2.95. The summed E-state index contributed by atoms with van der Waals surface area (Å²) in [6.45, 7) is 1.31. The van der Waals surface area contributed by atoms with Gasteiger partial charge in [-0.3, -0.25) is 10.4 Å². The van der Waals surface area contributed by atoms with Crippen LogP contribution in [0.5, 0.6) is 5.75 Å². The van der Waals surface area contributed by atoms with Gasteiger partial charge in [-0.25, -0.2) is 5.84 Å². The van der Waals surface area contributed by atoms with E-state index in [-0.39, 0.29) is 0 Å². The standard InChI is InChI=1S/C12H19BrN4O2/c1-18-7-3-6-15-12(17-14)16-9-4-5-11(19-2)10(13)8-9/h4-5,8H,3,6-7,14H2,1-2H3,(H2,15,16,17). The van der Waals surface area contributed by atoms with E-state index in [1.165, 1.54) is 0 Å². The molecule has 1 aromatic rings. The molecule has 7 heteroatoms. The van der Waals surface area contributed by atoms with Gasteiger partial charge in [-0.05, 0) is 40.5 Å². The number of hydrogen-bond acceptors (Lipinski definition) is 4. The number of hydrogen-bond donors (Lipinski definition) is 3. The van der Waals surface area contributed by atoms with E-state index in [9.17, 15) is 0 Å². The Morgan fingerprint density at radius 2 is 2.21 bits per heavy atom. The number of guanidine groups is 1. The number of rotatable bonds is 6. The monoisotopic (exact) mass is 330 g/mol. The molecule has 6 nitrogen and oxygen atoms in total. The van der Waals surface area contributed by atoms with Crippen LogP contribution in [0.25, 0.3) is 0 Å². The van der Waals surface area contributed by atoms with Crippen LogP contribution in [0.1, 0.15) is 6.42 Å². The molecule has 0 aliphatic rings. The van der Waals surface area contributed by atoms with Gasteiger partial charge in [0.1, 0.15) is 5.75 Å². The minimum Gasteiger partial charge on any atom is -0.496 e. The molecule has 0 saturated carbocycles. The highest BCUT2D eigenvalue weighted by Crippen LogP contribution is 2.27. The van der Waals surface area contributed by atoms with Gasteiger partial charge in [-0.15, -0.1) is 0 Å². The number of benzene rings is 1. The summed E-state index contributed by atoms with van der Waals surface area (Å²) in [5.74, 6) is 6.69. The summed E-state index contributed by atoms with van der Waals surface area (Å²) >= 11 is 3.42. The minimum absolute atomic E-state index is 0.508. The molecular formula is C12H19BrN4O2. The first-order valence-electron chi connectivity index (χ1n) is 5.81. The van der Waals surface area contributed by atoms with E-state index < -0.39 is 0 Å². The molecule has 0 spiro atoms. The van der Waals surface area contributed by atoms with E-state index in [2.05, 4.69) is 31.7 Å². The second-order valence-corrected chi connectivity index (χ2v) is 4.55. The molecule has 0 unspecified atom stereocenters. The summed E-state index contributed by atoms with van der Waals surface area (Å²) in [5, 5.41) is 3.09. The molecule has 0 radical (unpaired) electrons. The van der Waals surface area contributed by atoms with Crippen molar-refractivity contribution in [3.63, 3.8) is 0 Å². The molecule has 106 valence electrons. The topological polar surface area (TPSA) is 80.9 Å². The second kappa shape index (κ2) is 8.73. The molecule has 4 N–H and O–H groups in total. The fraction of sp³-hybridized carbons (Fsp3) is 0.417. The first kappa shape index (κ1) is 15.7. The van der Waals surface area contributed by atoms with Crippen molar-refractivity contribution in [3.8, 4) is 5.75 Å². The highest BCUT2D eigenvalue weighted by atomic mass is 79.9. The third kappa shape index (κ3) is 5.46. The number of nitrogens with zero attached hydrogens (tertiary/aromatic N) is 1. The Labute approximate surface area is 121 Å². The van der Waals surface area contributed by atoms with Gasteiger partial charge < -0.3 is 14.8 Å². The van der Waals surface area contributed by atoms with Crippen molar-refractivity contribution in [1.29, 1.82) is 0 Å². The molecular weight excluding hydrogens is 312 g/mol. The zero-order valence-corrected chi connectivity index (χ0v) is 12.7. The van der Waals surface area contributed by atoms with Crippen molar-refractivity contribution in [2.45, 2.75) is 6.42 Å². The summed E-state index contributed by atoms with van der Waals surface area (Å²) in [7, 11) is 3.29. The van der Waals surface area contributed by atoms with Gasteiger partial charge >= 0.3 is 0 Å². The molecule has 19 heavy (non-hydrogen) atoms. The molecule has 1 rings (SSSR count). The van der Waals surface area contributed by atoms with Crippen molar-refractivity contribution < 1.29 is 9.47 Å². The zero-order chi connectivity index (χ0) is 14.1. The molecule has 1 aromatic carbocycles. The molecule has 0 aromatic heterocycles. The summed E-state index contributed by atoms with van der Waals surface area (Å²) < 4.78 is 11.0. The molecule has 0 bridgehead atoms. The molecule has 0 heterocycles. The number of nitrogens with one attached hydrogen (secondary N) is 2. The van der Waals surface area contributed by atoms with Crippen LogP contribution in [-0.2, 0) is 4.74 Å². The Kier molecular flexibility index (Phi) is 7.24. The fourth-order valence-electron chi connectivity index (χ4n) is 1.40. The number of ether oxygens (including phenoxy) is 2. The molecule has 0 saturated heterocycles. The normalized spacial score (nSPS) is 11.3. The van der Waals surface area contributed by atoms with Gasteiger partial charge in [0.25, 0.3) is 0 Å². The Morgan fingerprint density at radius 3 is 2.79 bits per heavy atom. The van der Waals surface area contributed by atoms with Crippen molar-refractivity contribution in [3.05, 3.63) is 22.7 Å². The van der Waals surface area contributed by atoms with Crippen LogP contribution in [0.15, 0.2) is 27.7 Å². The number of anilines is 1. The quantitative estimate of drug-likeness (QED) is 0.243. The number of halogens is 1. The average Bonchev–Trinajstić information content (AvgIpc) is 2.42. The highest BCUT2D eigenvalue weighted by molar-refractivity contribution is 9.10. The predicted molar refractivity (Wildman–Crippen MR) is 80.4 cm³/mol. The second-order valence-electron chi connectivity index (χ2n) is 3.70. The van der Waals surface area contributed by atoms with Crippen molar-refractivity contribution in [2.75, 3.05) is 32.7 Å². The van der Waals surface area contributed by atoms with Gasteiger partial charge in [0, 0.05) is 25.9 Å². The molecule has 0 amide bonds. The van der Waals surface area contributed by atoms with Crippen LogP contribution in [0, 0.1) is 0 Å². The van der Waals surface area contributed by atoms with Crippen LogP contribution >= 0.6 is 15.9 Å². The highest BCUT2D eigenvalue weighted by Gasteiger charge is 2.03. The molecule has 0 aliphatic heterocycles. The van der Waals surface area contributed by atoms with Gasteiger partial charge in [0.2, 0.25) is 5.96 Å². The zero-order valence-electron chi connectivity index (χ0n) is 11.1. The van der Waals surface area contributed by atoms with E-state index >= 15 is 0 Å². The maximum Gasteiger partial charge on any atom is 0.210 e. The molecule has 0 atom stereocenters. The summed E-state index contributed by atoms with van der Waals surface area (Å²) in [6, 6.07) is 5.62. The van der Waals surface area contributed by atoms with E-state index in [0.717, 1.165) is 22.3 Å². The summed E-state index contributed by atoms with van der Waals surface area (Å²) in [5.41, 5.74) is 3.38. The predicted octanol–water partition coefficient (Wildman–Crippen LogP) is 1.73. The Balaban J connectivity index is 2.62. The van der Waals surface area contributed by atoms with E-state index in [4.69, 9.17) is 15.3 Å². The molecule has 0 aliphatic carbocycles. The number of methoxy groups -OCH3 is 2. The maximum absolute atomic E-state index is 5.42. The smallest absolute Gasteiger partial charge is 0.210 e. The van der Waals surface area contributed by atoms with E-state index in [1.807, 2.05) is 18.2 Å². The van der Waals surface area contributed by atoms with E-state index in [0.29, 0.717) is 19.1 Å². The van der Waals surface area contributed by atoms with Crippen LogP contribution in [0.4, 0.5) is 5.69 Å². The van der Waals surface area contributed by atoms with Gasteiger partial charge in [0.05, 0.1) is 11.6 Å². The number of hydrazine groups is 1. The van der Waals surface area contributed by atoms with Crippen molar-refractivity contribution in [2.24, 2.45) is 10.8 Å². The lowest BCUT2D eigenvalue weighted by molar-refractivity contribution is 0.197. The van der Waals surface area contributed by atoms with E-state index in [1.54, 1.807) is 14.2 Å². The maximum atomic E-state index is 5.42. The fourth-order valence-corrected chi connectivity index (χ4v) is 1.94. The lowest BCUT2D eigenvalue weighted by Crippen LogP contribution is -2.36. The Morgan fingerprint density at radius 1 is 1.42 bits per heavy atom. The van der Waals surface area contributed by atoms with Crippen LogP contribution < -0.4 is 21.3 Å². The lowest BCUT2D eigenvalue weighted by atomic mass is 10.3. The average molecular weight is 331 g/mol. The lowest BCUT2D eigenvalue weighted by Gasteiger charge is -2.11. The first-order chi connectivity index (χ1) is 9.21. The van der Waals surface area contributed by atoms with Gasteiger partial charge in [-0.2, -0.15) is 0 Å². The first-order valence-corrected chi connectivity index (χ1v) is 6.61. The number of aliphatic imine (C=N–C) groups is 1. The van der Waals surface area contributed by atoms with Crippen molar-refractivity contribution in [1.82, 2.24) is 5.43 Å². The van der Waals surface area contributed by atoms with Crippen LogP contribution in [0.3, 0.4) is 0 Å². The van der Waals surface area contributed by atoms with Gasteiger partial charge in [0.15, 0.2) is 0 Å². The van der Waals surface area contributed by atoms with Crippen LogP contribution in [0.2, 0.25) is 0 Å². The SMILES string of the molecule is COCCCN=C(NN)Nc1ccc(OC)c(Br)c1. The van der Waals surface area contributed by atoms with Crippen LogP contribution in [-0.4, -0.2) is 33.3 Å². The van der Waals surface area contributed by atoms with Gasteiger partial charge in [-0.1, -0.05) is 0 Å². The number of nitrogens with two attached hydrogens (primary N) is 1. The molecule has 0 fully saturated rings. The Hall–Kier alpha value is -1.31. The summed E-state index contributed by atoms with van der Waals surface area (Å²) in [6.07, 6.45) is 0.843. The largest absolute Gasteiger partial charge is 0.496 e. The minimum atomic E-state index is 0.508.